The number of ether oxygens (including phenoxy) is 1. The number of carbonyl (C=O) groups excluding carboxylic acids is 1. The largest absolute Gasteiger partial charge is 0.357 e. The molecule has 0 bridgehead atoms. The van der Waals surface area contributed by atoms with Crippen LogP contribution in [0.25, 0.3) is 5.65 Å². The van der Waals surface area contributed by atoms with Gasteiger partial charge in [0.15, 0.2) is 11.2 Å². The number of carbonyl (C=O) groups is 1. The molecule has 0 aliphatic carbocycles. The molecule has 0 radical (unpaired) electrons. The second kappa shape index (κ2) is 7.15. The molecular weight excluding hydrogens is 438 g/mol. The minimum absolute atomic E-state index is 0.0711. The lowest BCUT2D eigenvalue weighted by atomic mass is 9.89. The fraction of sp³-hybridized carbons (Fsp3) is 0.391. The number of rotatable bonds is 2. The van der Waals surface area contributed by atoms with Crippen molar-refractivity contribution in [2.24, 2.45) is 0 Å². The fourth-order valence-electron chi connectivity index (χ4n) is 5.46. The van der Waals surface area contributed by atoms with E-state index in [4.69, 9.17) is 16.3 Å². The molecule has 6 nitrogen and oxygen atoms in total. The van der Waals surface area contributed by atoms with Gasteiger partial charge in [0.1, 0.15) is 23.7 Å². The molecule has 3 fully saturated rings. The van der Waals surface area contributed by atoms with Gasteiger partial charge in [-0.15, -0.1) is 0 Å². The van der Waals surface area contributed by atoms with Crippen LogP contribution in [0.4, 0.5) is 14.6 Å². The molecule has 3 aliphatic heterocycles. The smallest absolute Gasteiger partial charge is 0.257 e. The zero-order valence-electron chi connectivity index (χ0n) is 17.2. The number of benzene rings is 1. The Kier molecular flexibility index (Phi) is 4.45. The van der Waals surface area contributed by atoms with Gasteiger partial charge in [0.2, 0.25) is 0 Å². The predicted octanol–water partition coefficient (Wildman–Crippen LogP) is 4.32. The van der Waals surface area contributed by atoms with Gasteiger partial charge in [-0.3, -0.25) is 9.20 Å². The molecule has 2 unspecified atom stereocenters. The third kappa shape index (κ3) is 2.93. The van der Waals surface area contributed by atoms with E-state index >= 15 is 0 Å². The Bertz CT molecular complexity index is 1200. The molecule has 3 aliphatic rings. The summed E-state index contributed by atoms with van der Waals surface area (Å²) in [4.78, 5) is 21.8. The maximum Gasteiger partial charge on any atom is 0.257 e. The number of piperidine rings is 1. The molecule has 3 saturated heterocycles. The number of pyridine rings is 1. The lowest BCUT2D eigenvalue weighted by Gasteiger charge is -2.38. The molecule has 166 valence electrons. The monoisotopic (exact) mass is 458 g/mol. The highest BCUT2D eigenvalue weighted by Gasteiger charge is 2.58. The van der Waals surface area contributed by atoms with Crippen LogP contribution in [0.15, 0.2) is 42.7 Å². The Hall–Kier alpha value is -2.71. The number of hydrogen-bond donors (Lipinski definition) is 0. The van der Waals surface area contributed by atoms with Gasteiger partial charge in [0, 0.05) is 44.4 Å². The van der Waals surface area contributed by atoms with Crippen molar-refractivity contribution in [1.29, 1.82) is 0 Å². The van der Waals surface area contributed by atoms with E-state index in [-0.39, 0.29) is 18.2 Å². The topological polar surface area (TPSA) is 50.1 Å². The van der Waals surface area contributed by atoms with Crippen molar-refractivity contribution in [2.75, 3.05) is 18.0 Å². The molecule has 5 heterocycles. The lowest BCUT2D eigenvalue weighted by Crippen LogP contribution is -2.50. The summed E-state index contributed by atoms with van der Waals surface area (Å²) in [6, 6.07) is 6.90. The lowest BCUT2D eigenvalue weighted by molar-refractivity contribution is -0.140. The van der Waals surface area contributed by atoms with Crippen LogP contribution >= 0.6 is 11.6 Å². The molecule has 0 N–H and O–H groups in total. The third-order valence-electron chi connectivity index (χ3n) is 6.96. The number of halogens is 3. The third-order valence-corrected chi connectivity index (χ3v) is 7.26. The average molecular weight is 459 g/mol. The Labute approximate surface area is 188 Å². The minimum Gasteiger partial charge on any atom is -0.357 e. The van der Waals surface area contributed by atoms with E-state index in [2.05, 4.69) is 9.88 Å². The van der Waals surface area contributed by atoms with Gasteiger partial charge in [-0.05, 0) is 42.7 Å². The summed E-state index contributed by atoms with van der Waals surface area (Å²) in [7, 11) is 0. The van der Waals surface area contributed by atoms with E-state index in [1.54, 1.807) is 11.1 Å². The summed E-state index contributed by atoms with van der Waals surface area (Å²) in [5.41, 5.74) is 0.301. The van der Waals surface area contributed by atoms with Crippen molar-refractivity contribution >= 4 is 29.0 Å². The summed E-state index contributed by atoms with van der Waals surface area (Å²) in [6.07, 6.45) is 5.61. The second-order valence-corrected chi connectivity index (χ2v) is 9.13. The summed E-state index contributed by atoms with van der Waals surface area (Å²) >= 11 is 6.25. The van der Waals surface area contributed by atoms with Crippen LogP contribution in [0.3, 0.4) is 0 Å². The Morgan fingerprint density at radius 1 is 1.09 bits per heavy atom. The summed E-state index contributed by atoms with van der Waals surface area (Å²) < 4.78 is 35.9. The Morgan fingerprint density at radius 3 is 2.59 bits per heavy atom. The highest BCUT2D eigenvalue weighted by atomic mass is 35.5. The molecule has 2 atom stereocenters. The van der Waals surface area contributed by atoms with Gasteiger partial charge in [-0.25, -0.2) is 13.8 Å². The molecule has 2 aromatic heterocycles. The first-order valence-corrected chi connectivity index (χ1v) is 11.2. The van der Waals surface area contributed by atoms with Crippen LogP contribution in [0.5, 0.6) is 0 Å². The van der Waals surface area contributed by atoms with Crippen molar-refractivity contribution in [1.82, 2.24) is 14.3 Å². The Balaban J connectivity index is 1.24. The highest BCUT2D eigenvalue weighted by Crippen LogP contribution is 2.48. The second-order valence-electron chi connectivity index (χ2n) is 8.72. The molecule has 32 heavy (non-hydrogen) atoms. The first-order valence-electron chi connectivity index (χ1n) is 10.8. The molecule has 6 rings (SSSR count). The Morgan fingerprint density at radius 2 is 1.84 bits per heavy atom. The standard InChI is InChI=1S/C23H21ClF2N4O2/c24-17-1-3-19(29-10-7-27-21(17)29)28-8-5-23(6-9-28)22(31)30-18(2-4-20(30)32-23)14-11-15(25)13-16(26)12-14/h1,3,7,10-13,18,20H,2,4-6,8-9H2. The van der Waals surface area contributed by atoms with E-state index in [1.165, 1.54) is 12.1 Å². The maximum atomic E-state index is 13.8. The number of anilines is 1. The fourth-order valence-corrected chi connectivity index (χ4v) is 5.67. The van der Waals surface area contributed by atoms with Gasteiger partial charge in [0.05, 0.1) is 11.1 Å². The normalized spacial score (nSPS) is 24.7. The van der Waals surface area contributed by atoms with Crippen LogP contribution in [0, 0.1) is 11.6 Å². The SMILES string of the molecule is O=C1N2C(CCC2c2cc(F)cc(F)c2)OC12CCN(c1ccc(Cl)c3nccn13)CC2. The van der Waals surface area contributed by atoms with Crippen LogP contribution in [0.2, 0.25) is 5.02 Å². The van der Waals surface area contributed by atoms with Crippen LogP contribution in [-0.4, -0.2) is 45.1 Å². The zero-order valence-corrected chi connectivity index (χ0v) is 17.9. The average Bonchev–Trinajstić information content (AvgIpc) is 3.46. The quantitative estimate of drug-likeness (QED) is 0.573. The molecule has 0 saturated carbocycles. The van der Waals surface area contributed by atoms with E-state index in [0.29, 0.717) is 55.0 Å². The number of amides is 1. The number of hydrogen-bond acceptors (Lipinski definition) is 4. The summed E-state index contributed by atoms with van der Waals surface area (Å²) in [5, 5.41) is 0.585. The van der Waals surface area contributed by atoms with Crippen LogP contribution in [-0.2, 0) is 9.53 Å². The zero-order chi connectivity index (χ0) is 22.0. The van der Waals surface area contributed by atoms with E-state index in [1.807, 2.05) is 22.7 Å². The van der Waals surface area contributed by atoms with E-state index in [9.17, 15) is 13.6 Å². The van der Waals surface area contributed by atoms with Crippen LogP contribution < -0.4 is 4.90 Å². The van der Waals surface area contributed by atoms with Crippen molar-refractivity contribution in [3.63, 3.8) is 0 Å². The number of aromatic nitrogens is 2. The van der Waals surface area contributed by atoms with Gasteiger partial charge in [-0.1, -0.05) is 11.6 Å². The van der Waals surface area contributed by atoms with Gasteiger partial charge in [-0.2, -0.15) is 0 Å². The molecule has 1 amide bonds. The van der Waals surface area contributed by atoms with Crippen molar-refractivity contribution < 1.29 is 18.3 Å². The molecule has 3 aromatic rings. The number of fused-ring (bicyclic) bond motifs is 2. The molecular formula is C23H21ClF2N4O2. The van der Waals surface area contributed by atoms with Gasteiger partial charge < -0.3 is 14.5 Å². The van der Waals surface area contributed by atoms with Crippen molar-refractivity contribution in [3.8, 4) is 0 Å². The summed E-state index contributed by atoms with van der Waals surface area (Å²) in [5.74, 6) is -0.366. The molecule has 9 heteroatoms. The first kappa shape index (κ1) is 19.9. The summed E-state index contributed by atoms with van der Waals surface area (Å²) in [6.45, 7) is 1.28. The van der Waals surface area contributed by atoms with Gasteiger partial charge in [0.25, 0.3) is 5.91 Å². The minimum atomic E-state index is -0.883. The number of imidazole rings is 1. The van der Waals surface area contributed by atoms with Crippen molar-refractivity contribution in [3.05, 3.63) is 64.9 Å². The van der Waals surface area contributed by atoms with E-state index < -0.39 is 17.2 Å². The first-order chi connectivity index (χ1) is 15.4. The molecule has 1 spiro atoms. The van der Waals surface area contributed by atoms with Crippen molar-refractivity contribution in [2.45, 2.75) is 43.6 Å². The highest BCUT2D eigenvalue weighted by molar-refractivity contribution is 6.33. The maximum absolute atomic E-state index is 13.8. The molecule has 1 aromatic carbocycles. The van der Waals surface area contributed by atoms with Crippen LogP contribution in [0.1, 0.15) is 37.3 Å². The van der Waals surface area contributed by atoms with Gasteiger partial charge >= 0.3 is 0 Å². The van der Waals surface area contributed by atoms with E-state index in [0.717, 1.165) is 11.9 Å². The number of nitrogens with zero attached hydrogens (tertiary/aromatic N) is 4. The predicted molar refractivity (Wildman–Crippen MR) is 114 cm³/mol.